The average Bonchev–Trinajstić information content (AvgIpc) is 3.29. The molecular formula is C23H22N2O5. The highest BCUT2D eigenvalue weighted by Crippen LogP contribution is 2.25. The van der Waals surface area contributed by atoms with Crippen LogP contribution >= 0.6 is 0 Å². The van der Waals surface area contributed by atoms with Gasteiger partial charge in [0.25, 0.3) is 11.8 Å². The van der Waals surface area contributed by atoms with E-state index >= 15 is 0 Å². The lowest BCUT2D eigenvalue weighted by atomic mass is 10.1. The standard InChI is InChI=1S/C23H22N2O5/c26-20-13-16-7-2-1-6-15(16)12-19(20)23(28)25-24-22(27)18-9-3-4-10-21(18)30-14-17-8-5-11-29-17/h1-4,6-7,9-10,12-13,17,26H,5,8,11,14H2,(H,24,27)(H,25,28)/t17-/m0/s1. The van der Waals surface area contributed by atoms with Gasteiger partial charge in [0.2, 0.25) is 0 Å². The number of hydrazine groups is 1. The first-order valence-corrected chi connectivity index (χ1v) is 9.77. The van der Waals surface area contributed by atoms with Gasteiger partial charge in [0.15, 0.2) is 0 Å². The van der Waals surface area contributed by atoms with Crippen molar-refractivity contribution in [2.45, 2.75) is 18.9 Å². The minimum Gasteiger partial charge on any atom is -0.507 e. The molecule has 3 aromatic rings. The van der Waals surface area contributed by atoms with E-state index in [4.69, 9.17) is 9.47 Å². The summed E-state index contributed by atoms with van der Waals surface area (Å²) in [6.45, 7) is 1.09. The monoisotopic (exact) mass is 406 g/mol. The summed E-state index contributed by atoms with van der Waals surface area (Å²) in [6, 6.07) is 17.2. The van der Waals surface area contributed by atoms with Crippen LogP contribution < -0.4 is 15.6 Å². The number of fused-ring (bicyclic) bond motifs is 1. The van der Waals surface area contributed by atoms with Crippen LogP contribution in [-0.4, -0.2) is 36.2 Å². The largest absolute Gasteiger partial charge is 0.507 e. The van der Waals surface area contributed by atoms with E-state index in [-0.39, 0.29) is 17.4 Å². The van der Waals surface area contributed by atoms with Gasteiger partial charge in [-0.05, 0) is 47.9 Å². The molecule has 1 aliphatic rings. The zero-order chi connectivity index (χ0) is 20.9. The third-order valence-corrected chi connectivity index (χ3v) is 4.98. The maximum atomic E-state index is 12.6. The van der Waals surface area contributed by atoms with Gasteiger partial charge in [-0.25, -0.2) is 0 Å². The Balaban J connectivity index is 1.42. The average molecular weight is 406 g/mol. The van der Waals surface area contributed by atoms with Gasteiger partial charge in [-0.2, -0.15) is 0 Å². The Morgan fingerprint density at radius 3 is 2.37 bits per heavy atom. The smallest absolute Gasteiger partial charge is 0.273 e. The van der Waals surface area contributed by atoms with Gasteiger partial charge in [0, 0.05) is 6.61 Å². The summed E-state index contributed by atoms with van der Waals surface area (Å²) in [5, 5.41) is 11.8. The molecule has 0 aliphatic carbocycles. The molecule has 1 fully saturated rings. The molecule has 1 heterocycles. The molecule has 30 heavy (non-hydrogen) atoms. The van der Waals surface area contributed by atoms with Crippen LogP contribution in [0, 0.1) is 0 Å². The van der Waals surface area contributed by atoms with E-state index in [2.05, 4.69) is 10.9 Å². The van der Waals surface area contributed by atoms with Crippen LogP contribution in [0.2, 0.25) is 0 Å². The summed E-state index contributed by atoms with van der Waals surface area (Å²) in [4.78, 5) is 25.1. The maximum absolute atomic E-state index is 12.6. The number of benzene rings is 3. The number of phenolic OH excluding ortho intramolecular Hbond substituents is 1. The van der Waals surface area contributed by atoms with E-state index in [0.717, 1.165) is 30.2 Å². The zero-order valence-corrected chi connectivity index (χ0v) is 16.3. The second-order valence-corrected chi connectivity index (χ2v) is 7.07. The third kappa shape index (κ3) is 4.36. The summed E-state index contributed by atoms with van der Waals surface area (Å²) in [6.07, 6.45) is 1.96. The molecule has 7 heteroatoms. The summed E-state index contributed by atoms with van der Waals surface area (Å²) in [5.41, 5.74) is 5.09. The van der Waals surface area contributed by atoms with Gasteiger partial charge in [-0.1, -0.05) is 36.4 Å². The third-order valence-electron chi connectivity index (χ3n) is 4.98. The molecule has 4 rings (SSSR count). The van der Waals surface area contributed by atoms with Crippen molar-refractivity contribution in [1.82, 2.24) is 10.9 Å². The Morgan fingerprint density at radius 1 is 0.967 bits per heavy atom. The lowest BCUT2D eigenvalue weighted by Gasteiger charge is -2.15. The van der Waals surface area contributed by atoms with Gasteiger partial charge in [-0.3, -0.25) is 20.4 Å². The molecule has 0 saturated carbocycles. The Morgan fingerprint density at radius 2 is 1.63 bits per heavy atom. The molecule has 3 aromatic carbocycles. The van der Waals surface area contributed by atoms with E-state index in [9.17, 15) is 14.7 Å². The SMILES string of the molecule is O=C(NNC(=O)c1ccccc1OC[C@@H]1CCCO1)c1cc2ccccc2cc1O. The summed E-state index contributed by atoms with van der Waals surface area (Å²) in [7, 11) is 0. The number of carbonyl (C=O) groups excluding carboxylic acids is 2. The van der Waals surface area contributed by atoms with Crippen LogP contribution in [0.3, 0.4) is 0 Å². The minimum atomic E-state index is -0.621. The molecule has 0 unspecified atom stereocenters. The predicted molar refractivity (Wildman–Crippen MR) is 111 cm³/mol. The highest BCUT2D eigenvalue weighted by atomic mass is 16.5. The van der Waals surface area contributed by atoms with Crippen LogP contribution in [0.5, 0.6) is 11.5 Å². The van der Waals surface area contributed by atoms with Crippen molar-refractivity contribution in [3.63, 3.8) is 0 Å². The fraction of sp³-hybridized carbons (Fsp3) is 0.217. The molecule has 2 amide bonds. The van der Waals surface area contributed by atoms with E-state index in [0.29, 0.717) is 17.9 Å². The number of hydrogen-bond acceptors (Lipinski definition) is 5. The minimum absolute atomic E-state index is 0.0247. The van der Waals surface area contributed by atoms with Gasteiger partial charge in [0.05, 0.1) is 17.2 Å². The van der Waals surface area contributed by atoms with E-state index in [1.54, 1.807) is 30.3 Å². The molecule has 0 aromatic heterocycles. The van der Waals surface area contributed by atoms with Crippen LogP contribution in [0.1, 0.15) is 33.6 Å². The molecule has 3 N–H and O–H groups in total. The summed E-state index contributed by atoms with van der Waals surface area (Å²) in [5.74, 6) is -0.898. The molecule has 0 radical (unpaired) electrons. The van der Waals surface area contributed by atoms with Crippen molar-refractivity contribution in [3.05, 3.63) is 71.8 Å². The van der Waals surface area contributed by atoms with E-state index in [1.807, 2.05) is 24.3 Å². The van der Waals surface area contributed by atoms with Crippen LogP contribution in [0.4, 0.5) is 0 Å². The molecule has 1 aliphatic heterocycles. The number of ether oxygens (including phenoxy) is 2. The zero-order valence-electron chi connectivity index (χ0n) is 16.3. The lowest BCUT2D eigenvalue weighted by molar-refractivity contribution is 0.0669. The molecule has 1 atom stereocenters. The fourth-order valence-electron chi connectivity index (χ4n) is 3.40. The number of para-hydroxylation sites is 1. The first kappa shape index (κ1) is 19.7. The number of carbonyl (C=O) groups is 2. The lowest BCUT2D eigenvalue weighted by Crippen LogP contribution is -2.41. The van der Waals surface area contributed by atoms with Gasteiger partial charge < -0.3 is 14.6 Å². The van der Waals surface area contributed by atoms with Gasteiger partial charge in [-0.15, -0.1) is 0 Å². The molecule has 0 spiro atoms. The second kappa shape index (κ2) is 8.84. The molecule has 154 valence electrons. The van der Waals surface area contributed by atoms with E-state index in [1.165, 1.54) is 6.07 Å². The number of aromatic hydroxyl groups is 1. The Kier molecular flexibility index (Phi) is 5.81. The highest BCUT2D eigenvalue weighted by molar-refractivity contribution is 6.03. The first-order valence-electron chi connectivity index (χ1n) is 9.77. The maximum Gasteiger partial charge on any atom is 0.273 e. The number of nitrogens with one attached hydrogen (secondary N) is 2. The van der Waals surface area contributed by atoms with Crippen molar-refractivity contribution in [2.24, 2.45) is 0 Å². The highest BCUT2D eigenvalue weighted by Gasteiger charge is 2.19. The van der Waals surface area contributed by atoms with Crippen molar-refractivity contribution >= 4 is 22.6 Å². The van der Waals surface area contributed by atoms with Gasteiger partial charge in [0.1, 0.15) is 18.1 Å². The molecule has 7 nitrogen and oxygen atoms in total. The predicted octanol–water partition coefficient (Wildman–Crippen LogP) is 3.18. The molecular weight excluding hydrogens is 384 g/mol. The van der Waals surface area contributed by atoms with Crippen molar-refractivity contribution < 1.29 is 24.2 Å². The normalized spacial score (nSPS) is 15.7. The van der Waals surface area contributed by atoms with Crippen molar-refractivity contribution in [1.29, 1.82) is 0 Å². The summed E-state index contributed by atoms with van der Waals surface area (Å²) >= 11 is 0. The van der Waals surface area contributed by atoms with Gasteiger partial charge >= 0.3 is 0 Å². The first-order chi connectivity index (χ1) is 14.6. The quantitative estimate of drug-likeness (QED) is 0.566. The van der Waals surface area contributed by atoms with Crippen LogP contribution in [0.25, 0.3) is 10.8 Å². The summed E-state index contributed by atoms with van der Waals surface area (Å²) < 4.78 is 11.3. The Labute approximate surface area is 173 Å². The Bertz CT molecular complexity index is 1080. The van der Waals surface area contributed by atoms with Crippen molar-refractivity contribution in [2.75, 3.05) is 13.2 Å². The number of hydrogen-bond donors (Lipinski definition) is 3. The Hall–Kier alpha value is -3.58. The molecule has 1 saturated heterocycles. The topological polar surface area (TPSA) is 96.9 Å². The number of rotatable bonds is 5. The van der Waals surface area contributed by atoms with Crippen molar-refractivity contribution in [3.8, 4) is 11.5 Å². The molecule has 0 bridgehead atoms. The second-order valence-electron chi connectivity index (χ2n) is 7.07. The number of amides is 2. The number of phenols is 1. The van der Waals surface area contributed by atoms with Crippen LogP contribution in [-0.2, 0) is 4.74 Å². The fourth-order valence-corrected chi connectivity index (χ4v) is 3.40. The van der Waals surface area contributed by atoms with E-state index < -0.39 is 11.8 Å². The van der Waals surface area contributed by atoms with Crippen LogP contribution in [0.15, 0.2) is 60.7 Å².